The van der Waals surface area contributed by atoms with Crippen molar-refractivity contribution >= 4 is 23.2 Å². The topological polar surface area (TPSA) is 64.9 Å². The standard InChI is InChI=1S/C14H15Cl2N3O/c15-10-5-4-9(8-11(10)16)12-18-13(20-19-12)14(17)6-2-1-3-7-14/h4-5,8H,1-3,6-7,17H2. The van der Waals surface area contributed by atoms with Crippen LogP contribution in [-0.2, 0) is 5.54 Å². The van der Waals surface area contributed by atoms with E-state index in [4.69, 9.17) is 33.5 Å². The van der Waals surface area contributed by atoms with Gasteiger partial charge in [-0.05, 0) is 31.0 Å². The van der Waals surface area contributed by atoms with Crippen LogP contribution < -0.4 is 5.73 Å². The van der Waals surface area contributed by atoms with E-state index in [1.54, 1.807) is 12.1 Å². The van der Waals surface area contributed by atoms with Crippen LogP contribution in [0.1, 0.15) is 38.0 Å². The van der Waals surface area contributed by atoms with Crippen molar-refractivity contribution in [2.24, 2.45) is 5.73 Å². The Bertz CT molecular complexity index is 621. The Hall–Kier alpha value is -1.10. The third kappa shape index (κ3) is 2.55. The molecule has 0 aliphatic heterocycles. The fourth-order valence-corrected chi connectivity index (χ4v) is 2.87. The maximum absolute atomic E-state index is 6.38. The molecule has 2 N–H and O–H groups in total. The summed E-state index contributed by atoms with van der Waals surface area (Å²) in [6.45, 7) is 0. The van der Waals surface area contributed by atoms with Crippen LogP contribution in [0.25, 0.3) is 11.4 Å². The van der Waals surface area contributed by atoms with Crippen molar-refractivity contribution in [2.45, 2.75) is 37.6 Å². The Labute approximate surface area is 127 Å². The van der Waals surface area contributed by atoms with Crippen LogP contribution in [0, 0.1) is 0 Å². The molecule has 1 aromatic heterocycles. The molecule has 0 bridgehead atoms. The molecule has 3 rings (SSSR count). The van der Waals surface area contributed by atoms with Gasteiger partial charge in [-0.25, -0.2) is 0 Å². The fourth-order valence-electron chi connectivity index (χ4n) is 2.57. The van der Waals surface area contributed by atoms with Gasteiger partial charge >= 0.3 is 0 Å². The predicted octanol–water partition coefficient (Wildman–Crippen LogP) is 4.16. The van der Waals surface area contributed by atoms with Crippen LogP contribution in [0.15, 0.2) is 22.7 Å². The summed E-state index contributed by atoms with van der Waals surface area (Å²) in [6.07, 6.45) is 5.18. The second-order valence-corrected chi connectivity index (χ2v) is 6.08. The van der Waals surface area contributed by atoms with Crippen molar-refractivity contribution in [1.29, 1.82) is 0 Å². The van der Waals surface area contributed by atoms with Crippen LogP contribution >= 0.6 is 23.2 Å². The van der Waals surface area contributed by atoms with Crippen LogP contribution in [0.4, 0.5) is 0 Å². The van der Waals surface area contributed by atoms with Crippen molar-refractivity contribution < 1.29 is 4.52 Å². The van der Waals surface area contributed by atoms with Crippen LogP contribution in [0.5, 0.6) is 0 Å². The number of halogens is 2. The van der Waals surface area contributed by atoms with Gasteiger partial charge in [0, 0.05) is 5.56 Å². The number of nitrogens with two attached hydrogens (primary N) is 1. The smallest absolute Gasteiger partial charge is 0.247 e. The van der Waals surface area contributed by atoms with E-state index in [0.717, 1.165) is 31.2 Å². The van der Waals surface area contributed by atoms with Crippen LogP contribution in [0.3, 0.4) is 0 Å². The van der Waals surface area contributed by atoms with Crippen LogP contribution in [0.2, 0.25) is 10.0 Å². The molecule has 0 radical (unpaired) electrons. The minimum absolute atomic E-state index is 0.468. The predicted molar refractivity (Wildman–Crippen MR) is 78.7 cm³/mol. The number of benzene rings is 1. The molecule has 106 valence electrons. The average Bonchev–Trinajstić information content (AvgIpc) is 2.93. The van der Waals surface area contributed by atoms with Crippen LogP contribution in [-0.4, -0.2) is 10.1 Å². The second kappa shape index (κ2) is 5.35. The summed E-state index contributed by atoms with van der Waals surface area (Å²) >= 11 is 11.9. The normalized spacial score (nSPS) is 18.1. The maximum atomic E-state index is 6.38. The van der Waals surface area contributed by atoms with Gasteiger partial charge in [-0.3, -0.25) is 0 Å². The molecule has 2 aromatic rings. The van der Waals surface area contributed by atoms with Gasteiger partial charge in [0.25, 0.3) is 0 Å². The molecule has 1 aromatic carbocycles. The molecular weight excluding hydrogens is 297 g/mol. The molecule has 0 saturated heterocycles. The van der Waals surface area contributed by atoms with Gasteiger partial charge in [0.05, 0.1) is 15.6 Å². The lowest BCUT2D eigenvalue weighted by Crippen LogP contribution is -2.38. The first-order valence-electron chi connectivity index (χ1n) is 6.67. The largest absolute Gasteiger partial charge is 0.337 e. The number of nitrogens with zero attached hydrogens (tertiary/aromatic N) is 2. The highest BCUT2D eigenvalue weighted by Gasteiger charge is 2.35. The van der Waals surface area contributed by atoms with E-state index in [-0.39, 0.29) is 0 Å². The maximum Gasteiger partial charge on any atom is 0.247 e. The monoisotopic (exact) mass is 311 g/mol. The highest BCUT2D eigenvalue weighted by atomic mass is 35.5. The molecular formula is C14H15Cl2N3O. The lowest BCUT2D eigenvalue weighted by molar-refractivity contribution is 0.220. The van der Waals surface area contributed by atoms with Crippen molar-refractivity contribution in [3.8, 4) is 11.4 Å². The molecule has 6 heteroatoms. The van der Waals surface area contributed by atoms with E-state index in [9.17, 15) is 0 Å². The Morgan fingerprint density at radius 2 is 1.85 bits per heavy atom. The minimum atomic E-state index is -0.486. The van der Waals surface area contributed by atoms with Gasteiger partial charge in [0.15, 0.2) is 0 Å². The fraction of sp³-hybridized carbons (Fsp3) is 0.429. The number of rotatable bonds is 2. The lowest BCUT2D eigenvalue weighted by Gasteiger charge is -2.29. The van der Waals surface area contributed by atoms with E-state index in [1.807, 2.05) is 6.07 Å². The highest BCUT2D eigenvalue weighted by Crippen LogP contribution is 2.35. The minimum Gasteiger partial charge on any atom is -0.337 e. The van der Waals surface area contributed by atoms with E-state index < -0.39 is 5.54 Å². The number of aromatic nitrogens is 2. The van der Waals surface area contributed by atoms with Gasteiger partial charge in [0.2, 0.25) is 11.7 Å². The zero-order valence-corrected chi connectivity index (χ0v) is 12.4. The Morgan fingerprint density at radius 1 is 1.10 bits per heavy atom. The van der Waals surface area contributed by atoms with Crippen molar-refractivity contribution in [2.75, 3.05) is 0 Å². The van der Waals surface area contributed by atoms with Crippen molar-refractivity contribution in [1.82, 2.24) is 10.1 Å². The highest BCUT2D eigenvalue weighted by molar-refractivity contribution is 6.42. The summed E-state index contributed by atoms with van der Waals surface area (Å²) in [5.41, 5.74) is 6.67. The van der Waals surface area contributed by atoms with Gasteiger partial charge in [-0.1, -0.05) is 47.6 Å². The molecule has 1 aliphatic rings. The van der Waals surface area contributed by atoms with Crippen molar-refractivity contribution in [3.05, 3.63) is 34.1 Å². The first-order chi connectivity index (χ1) is 9.58. The molecule has 0 atom stereocenters. The van der Waals surface area contributed by atoms with Gasteiger partial charge < -0.3 is 10.3 Å². The molecule has 1 aliphatic carbocycles. The molecule has 4 nitrogen and oxygen atoms in total. The van der Waals surface area contributed by atoms with Crippen molar-refractivity contribution in [3.63, 3.8) is 0 Å². The SMILES string of the molecule is NC1(c2nc(-c3ccc(Cl)c(Cl)c3)no2)CCCCC1. The third-order valence-corrected chi connectivity index (χ3v) is 4.51. The summed E-state index contributed by atoms with van der Waals surface area (Å²) in [5.74, 6) is 1.01. The summed E-state index contributed by atoms with van der Waals surface area (Å²) < 4.78 is 5.37. The zero-order valence-electron chi connectivity index (χ0n) is 10.9. The summed E-state index contributed by atoms with van der Waals surface area (Å²) in [5, 5.41) is 4.98. The average molecular weight is 312 g/mol. The molecule has 0 amide bonds. The Kier molecular flexibility index (Phi) is 3.71. The second-order valence-electron chi connectivity index (χ2n) is 5.27. The summed E-state index contributed by atoms with van der Waals surface area (Å²) in [7, 11) is 0. The number of hydrogen-bond donors (Lipinski definition) is 1. The quantitative estimate of drug-likeness (QED) is 0.904. The molecule has 0 unspecified atom stereocenters. The van der Waals surface area contributed by atoms with E-state index in [2.05, 4.69) is 10.1 Å². The van der Waals surface area contributed by atoms with E-state index in [0.29, 0.717) is 21.8 Å². The van der Waals surface area contributed by atoms with Gasteiger partial charge in [-0.2, -0.15) is 4.98 Å². The van der Waals surface area contributed by atoms with E-state index >= 15 is 0 Å². The molecule has 1 saturated carbocycles. The lowest BCUT2D eigenvalue weighted by atomic mass is 9.82. The Morgan fingerprint density at radius 3 is 2.55 bits per heavy atom. The first-order valence-corrected chi connectivity index (χ1v) is 7.43. The number of hydrogen-bond acceptors (Lipinski definition) is 4. The summed E-state index contributed by atoms with van der Waals surface area (Å²) in [6, 6.07) is 5.25. The third-order valence-electron chi connectivity index (χ3n) is 3.78. The molecule has 20 heavy (non-hydrogen) atoms. The van der Waals surface area contributed by atoms with Gasteiger partial charge in [-0.15, -0.1) is 0 Å². The Balaban J connectivity index is 1.91. The van der Waals surface area contributed by atoms with Gasteiger partial charge in [0.1, 0.15) is 0 Å². The first kappa shape index (κ1) is 13.9. The molecule has 1 heterocycles. The molecule has 1 fully saturated rings. The van der Waals surface area contributed by atoms with E-state index in [1.165, 1.54) is 6.42 Å². The molecule has 0 spiro atoms. The summed E-state index contributed by atoms with van der Waals surface area (Å²) in [4.78, 5) is 4.44. The zero-order chi connectivity index (χ0) is 14.2.